The lowest BCUT2D eigenvalue weighted by molar-refractivity contribution is -0.208. The molecule has 2 aliphatic heterocycles. The molecule has 0 spiro atoms. The number of carbonyl (C=O) groups is 2. The third kappa shape index (κ3) is 3.12. The molecule has 4 aliphatic rings. The average molecular weight is 376 g/mol. The molecular weight excluding hydrogens is 344 g/mol. The van der Waals surface area contributed by atoms with Gasteiger partial charge in [0.05, 0.1) is 5.92 Å². The van der Waals surface area contributed by atoms with Gasteiger partial charge in [0.15, 0.2) is 0 Å². The second-order valence-electron chi connectivity index (χ2n) is 10.2. The van der Waals surface area contributed by atoms with E-state index in [1.165, 1.54) is 38.2 Å². The quantitative estimate of drug-likeness (QED) is 0.670. The van der Waals surface area contributed by atoms with Gasteiger partial charge in [0.25, 0.3) is 0 Å². The number of rotatable bonds is 2. The molecule has 150 valence electrons. The number of carbonyl (C=O) groups excluding carboxylic acids is 2. The highest BCUT2D eigenvalue weighted by Gasteiger charge is 2.58. The Labute approximate surface area is 161 Å². The predicted molar refractivity (Wildman–Crippen MR) is 99.3 cm³/mol. The van der Waals surface area contributed by atoms with E-state index in [1.807, 2.05) is 0 Å². The summed E-state index contributed by atoms with van der Waals surface area (Å²) in [5.41, 5.74) is 2.50. The third-order valence-corrected chi connectivity index (χ3v) is 7.49. The SMILES string of the molecule is CC(=O)OC1OC2OC(=O)C3=C(C)C(C4(C)CCCC(C)(C)C4)CCC1C32. The van der Waals surface area contributed by atoms with Crippen molar-refractivity contribution >= 4 is 11.9 Å². The first-order valence-electron chi connectivity index (χ1n) is 10.4. The molecule has 4 rings (SSSR count). The number of hydrogen-bond acceptors (Lipinski definition) is 5. The van der Waals surface area contributed by atoms with E-state index in [1.54, 1.807) is 0 Å². The van der Waals surface area contributed by atoms with Crippen molar-refractivity contribution in [3.05, 3.63) is 11.1 Å². The first-order valence-corrected chi connectivity index (χ1v) is 10.4. The van der Waals surface area contributed by atoms with Gasteiger partial charge in [-0.05, 0) is 55.8 Å². The van der Waals surface area contributed by atoms with Crippen LogP contribution in [0.25, 0.3) is 0 Å². The molecule has 0 aromatic rings. The molecule has 5 heteroatoms. The van der Waals surface area contributed by atoms with Crippen LogP contribution < -0.4 is 0 Å². The number of hydrogen-bond donors (Lipinski definition) is 0. The van der Waals surface area contributed by atoms with Gasteiger partial charge in [-0.2, -0.15) is 0 Å². The van der Waals surface area contributed by atoms with Gasteiger partial charge in [0.1, 0.15) is 0 Å². The fourth-order valence-electron chi connectivity index (χ4n) is 6.64. The molecule has 5 nitrogen and oxygen atoms in total. The lowest BCUT2D eigenvalue weighted by atomic mass is 9.57. The maximum Gasteiger partial charge on any atom is 0.336 e. The van der Waals surface area contributed by atoms with Crippen molar-refractivity contribution in [2.24, 2.45) is 28.6 Å². The van der Waals surface area contributed by atoms with E-state index in [9.17, 15) is 9.59 Å². The normalized spacial score (nSPS) is 43.1. The molecule has 1 saturated carbocycles. The summed E-state index contributed by atoms with van der Waals surface area (Å²) in [5.74, 6) is -0.329. The summed E-state index contributed by atoms with van der Waals surface area (Å²) in [6.45, 7) is 10.7. The second-order valence-corrected chi connectivity index (χ2v) is 10.2. The monoisotopic (exact) mass is 376 g/mol. The molecule has 0 bridgehead atoms. The van der Waals surface area contributed by atoms with Crippen LogP contribution in [0.1, 0.15) is 73.1 Å². The Balaban J connectivity index is 1.69. The molecule has 6 atom stereocenters. The van der Waals surface area contributed by atoms with Gasteiger partial charge in [-0.3, -0.25) is 4.79 Å². The zero-order valence-electron chi connectivity index (χ0n) is 17.2. The zero-order chi connectivity index (χ0) is 19.6. The molecule has 2 heterocycles. The standard InChI is InChI=1S/C22H32O5/c1-12-15(22(5)10-6-9-21(3,4)11-22)8-7-14-17-16(12)18(24)26-20(17)27-19(14)25-13(2)23/h14-15,17,19-20H,6-11H2,1-5H3. The predicted octanol–water partition coefficient (Wildman–Crippen LogP) is 4.35. The summed E-state index contributed by atoms with van der Waals surface area (Å²) < 4.78 is 16.8. The van der Waals surface area contributed by atoms with Crippen molar-refractivity contribution in [3.8, 4) is 0 Å². The highest BCUT2D eigenvalue weighted by Crippen LogP contribution is 2.58. The first kappa shape index (κ1) is 19.0. The Morgan fingerprint density at radius 2 is 1.93 bits per heavy atom. The van der Waals surface area contributed by atoms with Crippen LogP contribution in [0.4, 0.5) is 0 Å². The van der Waals surface area contributed by atoms with Crippen LogP contribution in [0.2, 0.25) is 0 Å². The second kappa shape index (κ2) is 6.33. The van der Waals surface area contributed by atoms with Gasteiger partial charge in [-0.25, -0.2) is 4.79 Å². The Morgan fingerprint density at radius 3 is 2.59 bits per heavy atom. The molecule has 2 saturated heterocycles. The molecule has 0 amide bonds. The van der Waals surface area contributed by atoms with Crippen molar-refractivity contribution in [1.82, 2.24) is 0 Å². The summed E-state index contributed by atoms with van der Waals surface area (Å²) in [6.07, 6.45) is 5.55. The smallest absolute Gasteiger partial charge is 0.336 e. The summed E-state index contributed by atoms with van der Waals surface area (Å²) in [6, 6.07) is 0. The first-order chi connectivity index (χ1) is 12.6. The highest BCUT2D eigenvalue weighted by molar-refractivity contribution is 5.92. The van der Waals surface area contributed by atoms with Gasteiger partial charge in [0.2, 0.25) is 12.6 Å². The third-order valence-electron chi connectivity index (χ3n) is 7.49. The van der Waals surface area contributed by atoms with Gasteiger partial charge in [0, 0.05) is 18.4 Å². The topological polar surface area (TPSA) is 61.8 Å². The molecule has 6 unspecified atom stereocenters. The minimum absolute atomic E-state index is 0.000464. The lowest BCUT2D eigenvalue weighted by Crippen LogP contribution is -2.37. The van der Waals surface area contributed by atoms with Crippen LogP contribution in [0.5, 0.6) is 0 Å². The van der Waals surface area contributed by atoms with Gasteiger partial charge in [-0.1, -0.05) is 32.8 Å². The summed E-state index contributed by atoms with van der Waals surface area (Å²) >= 11 is 0. The maximum atomic E-state index is 12.7. The fourth-order valence-corrected chi connectivity index (χ4v) is 6.64. The van der Waals surface area contributed by atoms with E-state index in [4.69, 9.17) is 14.2 Å². The molecule has 0 aromatic carbocycles. The van der Waals surface area contributed by atoms with Crippen molar-refractivity contribution in [1.29, 1.82) is 0 Å². The zero-order valence-corrected chi connectivity index (χ0v) is 17.2. The van der Waals surface area contributed by atoms with Crippen LogP contribution in [0, 0.1) is 28.6 Å². The Morgan fingerprint density at radius 1 is 1.19 bits per heavy atom. The molecule has 2 aliphatic carbocycles. The Hall–Kier alpha value is -1.36. The average Bonchev–Trinajstić information content (AvgIpc) is 2.93. The van der Waals surface area contributed by atoms with Crippen LogP contribution in [-0.4, -0.2) is 24.5 Å². The van der Waals surface area contributed by atoms with Crippen molar-refractivity contribution in [3.63, 3.8) is 0 Å². The van der Waals surface area contributed by atoms with E-state index < -0.39 is 12.6 Å². The molecule has 3 fully saturated rings. The number of allylic oxidation sites excluding steroid dienone is 1. The minimum Gasteiger partial charge on any atom is -0.435 e. The fraction of sp³-hybridized carbons (Fsp3) is 0.818. The van der Waals surface area contributed by atoms with E-state index in [0.717, 1.165) is 18.4 Å². The van der Waals surface area contributed by atoms with Crippen LogP contribution in [0.15, 0.2) is 11.1 Å². The minimum atomic E-state index is -0.609. The van der Waals surface area contributed by atoms with E-state index in [2.05, 4.69) is 27.7 Å². The van der Waals surface area contributed by atoms with Gasteiger partial charge >= 0.3 is 11.9 Å². The van der Waals surface area contributed by atoms with E-state index >= 15 is 0 Å². The number of ether oxygens (including phenoxy) is 3. The molecule has 0 radical (unpaired) electrons. The maximum absolute atomic E-state index is 12.7. The molecule has 0 aromatic heterocycles. The van der Waals surface area contributed by atoms with Crippen molar-refractivity contribution in [2.75, 3.05) is 0 Å². The van der Waals surface area contributed by atoms with Crippen molar-refractivity contribution in [2.45, 2.75) is 85.7 Å². The summed E-state index contributed by atoms with van der Waals surface area (Å²) in [7, 11) is 0. The summed E-state index contributed by atoms with van der Waals surface area (Å²) in [4.78, 5) is 24.2. The van der Waals surface area contributed by atoms with Gasteiger partial charge < -0.3 is 14.2 Å². The Bertz CT molecular complexity index is 693. The van der Waals surface area contributed by atoms with Gasteiger partial charge in [-0.15, -0.1) is 0 Å². The number of esters is 2. The molecule has 0 N–H and O–H groups in total. The summed E-state index contributed by atoms with van der Waals surface area (Å²) in [5, 5.41) is 0. The molecule has 27 heavy (non-hydrogen) atoms. The van der Waals surface area contributed by atoms with E-state index in [-0.39, 0.29) is 29.2 Å². The lowest BCUT2D eigenvalue weighted by Gasteiger charge is -2.48. The molecular formula is C22H32O5. The highest BCUT2D eigenvalue weighted by atomic mass is 16.8. The van der Waals surface area contributed by atoms with Crippen molar-refractivity contribution < 1.29 is 23.8 Å². The van der Waals surface area contributed by atoms with Crippen LogP contribution in [0.3, 0.4) is 0 Å². The Kier molecular flexibility index (Phi) is 4.45. The van der Waals surface area contributed by atoms with Crippen LogP contribution in [-0.2, 0) is 23.8 Å². The van der Waals surface area contributed by atoms with Crippen LogP contribution >= 0.6 is 0 Å². The largest absolute Gasteiger partial charge is 0.435 e. The van der Waals surface area contributed by atoms with E-state index in [0.29, 0.717) is 11.3 Å².